The minimum Gasteiger partial charge on any atom is -0.478 e. The van der Waals surface area contributed by atoms with Gasteiger partial charge in [-0.1, -0.05) is 25.3 Å². The van der Waals surface area contributed by atoms with E-state index < -0.39 is 11.8 Å². The van der Waals surface area contributed by atoms with Gasteiger partial charge in [-0.3, -0.25) is 4.90 Å². The first-order valence-electron chi connectivity index (χ1n) is 6.80. The van der Waals surface area contributed by atoms with Crippen molar-refractivity contribution >= 4 is 5.97 Å². The summed E-state index contributed by atoms with van der Waals surface area (Å²) in [5.41, 5.74) is 0.569. The standard InChI is InChI=1S/C15H20FNO2/c1-17(12-5-3-2-4-6-12)10-11-7-8-13(15(18)19)14(16)9-11/h7-9,12H,2-6,10H2,1H3,(H,18,19). The third-order valence-electron chi connectivity index (χ3n) is 3.89. The first kappa shape index (κ1) is 14.0. The van der Waals surface area contributed by atoms with Crippen molar-refractivity contribution in [1.82, 2.24) is 4.90 Å². The Bertz CT molecular complexity index is 455. The molecule has 104 valence electrons. The van der Waals surface area contributed by atoms with Crippen LogP contribution in [0.5, 0.6) is 0 Å². The zero-order valence-corrected chi connectivity index (χ0v) is 11.2. The molecule has 0 atom stereocenters. The smallest absolute Gasteiger partial charge is 0.338 e. The molecule has 0 bridgehead atoms. The second-order valence-corrected chi connectivity index (χ2v) is 5.33. The van der Waals surface area contributed by atoms with Crippen LogP contribution in [0.4, 0.5) is 4.39 Å². The average Bonchev–Trinajstić information content (AvgIpc) is 2.39. The van der Waals surface area contributed by atoms with Gasteiger partial charge in [0.15, 0.2) is 0 Å². The number of carboxylic acids is 1. The topological polar surface area (TPSA) is 40.5 Å². The summed E-state index contributed by atoms with van der Waals surface area (Å²) in [6.07, 6.45) is 6.24. The number of hydrogen-bond acceptors (Lipinski definition) is 2. The first-order chi connectivity index (χ1) is 9.08. The van der Waals surface area contributed by atoms with E-state index in [0.29, 0.717) is 12.6 Å². The number of carbonyl (C=O) groups is 1. The van der Waals surface area contributed by atoms with Crippen molar-refractivity contribution in [2.24, 2.45) is 0 Å². The summed E-state index contributed by atoms with van der Waals surface area (Å²) in [5, 5.41) is 8.79. The van der Waals surface area contributed by atoms with Crippen LogP contribution in [0.2, 0.25) is 0 Å². The maximum atomic E-state index is 13.6. The molecule has 1 saturated carbocycles. The van der Waals surface area contributed by atoms with Gasteiger partial charge in [0.05, 0.1) is 5.56 Å². The van der Waals surface area contributed by atoms with E-state index >= 15 is 0 Å². The molecule has 0 aliphatic heterocycles. The van der Waals surface area contributed by atoms with Crippen LogP contribution in [-0.2, 0) is 6.54 Å². The Morgan fingerprint density at radius 2 is 2.05 bits per heavy atom. The molecular weight excluding hydrogens is 245 g/mol. The summed E-state index contributed by atoms with van der Waals surface area (Å²) < 4.78 is 13.6. The molecule has 0 heterocycles. The zero-order chi connectivity index (χ0) is 13.8. The molecule has 1 N–H and O–H groups in total. The largest absolute Gasteiger partial charge is 0.478 e. The maximum absolute atomic E-state index is 13.6. The van der Waals surface area contributed by atoms with Gasteiger partial charge in [-0.2, -0.15) is 0 Å². The lowest BCUT2D eigenvalue weighted by Gasteiger charge is -2.31. The van der Waals surface area contributed by atoms with Crippen LogP contribution in [-0.4, -0.2) is 29.1 Å². The van der Waals surface area contributed by atoms with E-state index in [0.717, 1.165) is 5.56 Å². The number of halogens is 1. The van der Waals surface area contributed by atoms with Gasteiger partial charge in [-0.15, -0.1) is 0 Å². The fourth-order valence-corrected chi connectivity index (χ4v) is 2.77. The van der Waals surface area contributed by atoms with Gasteiger partial charge in [-0.05, 0) is 37.6 Å². The second kappa shape index (κ2) is 6.15. The molecule has 19 heavy (non-hydrogen) atoms. The molecule has 4 heteroatoms. The van der Waals surface area contributed by atoms with Gasteiger partial charge in [0.2, 0.25) is 0 Å². The fraction of sp³-hybridized carbons (Fsp3) is 0.533. The van der Waals surface area contributed by atoms with Gasteiger partial charge in [0.1, 0.15) is 5.82 Å². The molecule has 2 rings (SSSR count). The summed E-state index contributed by atoms with van der Waals surface area (Å²) in [7, 11) is 2.05. The highest BCUT2D eigenvalue weighted by Gasteiger charge is 2.18. The van der Waals surface area contributed by atoms with Gasteiger partial charge < -0.3 is 5.11 Å². The molecule has 3 nitrogen and oxygen atoms in total. The third-order valence-corrected chi connectivity index (χ3v) is 3.89. The van der Waals surface area contributed by atoms with Crippen molar-refractivity contribution in [2.75, 3.05) is 7.05 Å². The summed E-state index contributed by atoms with van der Waals surface area (Å²) in [6, 6.07) is 4.95. The van der Waals surface area contributed by atoms with E-state index in [1.54, 1.807) is 6.07 Å². The van der Waals surface area contributed by atoms with E-state index in [4.69, 9.17) is 5.11 Å². The second-order valence-electron chi connectivity index (χ2n) is 5.33. The Hall–Kier alpha value is -1.42. The van der Waals surface area contributed by atoms with Crippen LogP contribution < -0.4 is 0 Å². The number of benzene rings is 1. The van der Waals surface area contributed by atoms with Gasteiger partial charge >= 0.3 is 5.97 Å². The monoisotopic (exact) mass is 265 g/mol. The minimum atomic E-state index is -1.22. The Morgan fingerprint density at radius 1 is 1.37 bits per heavy atom. The molecule has 0 aromatic heterocycles. The van der Waals surface area contributed by atoms with E-state index in [1.165, 1.54) is 44.2 Å². The van der Waals surface area contributed by atoms with Crippen molar-refractivity contribution in [3.8, 4) is 0 Å². The number of rotatable bonds is 4. The summed E-state index contributed by atoms with van der Waals surface area (Å²) in [5.74, 6) is -1.87. The molecular formula is C15H20FNO2. The Kier molecular flexibility index (Phi) is 4.53. The molecule has 1 fully saturated rings. The van der Waals surface area contributed by atoms with E-state index in [1.807, 2.05) is 0 Å². The van der Waals surface area contributed by atoms with Crippen LogP contribution >= 0.6 is 0 Å². The molecule has 1 aromatic carbocycles. The predicted octanol–water partition coefficient (Wildman–Crippen LogP) is 3.29. The number of nitrogens with zero attached hydrogens (tertiary/aromatic N) is 1. The highest BCUT2D eigenvalue weighted by molar-refractivity contribution is 5.87. The van der Waals surface area contributed by atoms with Crippen molar-refractivity contribution in [3.63, 3.8) is 0 Å². The van der Waals surface area contributed by atoms with Crippen molar-refractivity contribution in [3.05, 3.63) is 35.1 Å². The zero-order valence-electron chi connectivity index (χ0n) is 11.2. The lowest BCUT2D eigenvalue weighted by Crippen LogP contribution is -2.32. The van der Waals surface area contributed by atoms with E-state index in [2.05, 4.69) is 11.9 Å². The Morgan fingerprint density at radius 3 is 2.63 bits per heavy atom. The summed E-state index contributed by atoms with van der Waals surface area (Å²) in [6.45, 7) is 0.668. The Balaban J connectivity index is 2.02. The van der Waals surface area contributed by atoms with Crippen LogP contribution in [0.15, 0.2) is 18.2 Å². The summed E-state index contributed by atoms with van der Waals surface area (Å²) in [4.78, 5) is 13.0. The number of hydrogen-bond donors (Lipinski definition) is 1. The van der Waals surface area contributed by atoms with Crippen LogP contribution in [0, 0.1) is 5.82 Å². The highest BCUT2D eigenvalue weighted by atomic mass is 19.1. The molecule has 0 radical (unpaired) electrons. The number of carboxylic acid groups (broad SMARTS) is 1. The Labute approximate surface area is 113 Å². The maximum Gasteiger partial charge on any atom is 0.338 e. The number of aromatic carboxylic acids is 1. The predicted molar refractivity (Wildman–Crippen MR) is 71.7 cm³/mol. The van der Waals surface area contributed by atoms with Crippen LogP contribution in [0.25, 0.3) is 0 Å². The fourth-order valence-electron chi connectivity index (χ4n) is 2.77. The van der Waals surface area contributed by atoms with Crippen LogP contribution in [0.3, 0.4) is 0 Å². The molecule has 0 spiro atoms. The van der Waals surface area contributed by atoms with E-state index in [-0.39, 0.29) is 5.56 Å². The van der Waals surface area contributed by atoms with Crippen molar-refractivity contribution in [1.29, 1.82) is 0 Å². The van der Waals surface area contributed by atoms with Crippen LogP contribution in [0.1, 0.15) is 48.0 Å². The van der Waals surface area contributed by atoms with E-state index in [9.17, 15) is 9.18 Å². The van der Waals surface area contributed by atoms with Gasteiger partial charge in [-0.25, -0.2) is 9.18 Å². The quantitative estimate of drug-likeness (QED) is 0.908. The average molecular weight is 265 g/mol. The molecule has 0 amide bonds. The normalized spacial score (nSPS) is 16.8. The first-order valence-corrected chi connectivity index (χ1v) is 6.80. The SMILES string of the molecule is CN(Cc1ccc(C(=O)O)c(F)c1)C1CCCCC1. The lowest BCUT2D eigenvalue weighted by atomic mass is 9.94. The van der Waals surface area contributed by atoms with Crippen molar-refractivity contribution in [2.45, 2.75) is 44.7 Å². The molecule has 0 saturated heterocycles. The minimum absolute atomic E-state index is 0.260. The molecule has 1 aliphatic carbocycles. The van der Waals surface area contributed by atoms with Gasteiger partial charge in [0, 0.05) is 12.6 Å². The molecule has 1 aromatic rings. The summed E-state index contributed by atoms with van der Waals surface area (Å²) >= 11 is 0. The lowest BCUT2D eigenvalue weighted by molar-refractivity contribution is 0.0692. The third kappa shape index (κ3) is 3.53. The molecule has 1 aliphatic rings. The molecule has 0 unspecified atom stereocenters. The highest BCUT2D eigenvalue weighted by Crippen LogP contribution is 2.23. The van der Waals surface area contributed by atoms with Gasteiger partial charge in [0.25, 0.3) is 0 Å². The van der Waals surface area contributed by atoms with Crippen molar-refractivity contribution < 1.29 is 14.3 Å².